The Morgan fingerprint density at radius 2 is 2.12 bits per heavy atom. The molecule has 0 spiro atoms. The highest BCUT2D eigenvalue weighted by atomic mass is 15.2. The van der Waals surface area contributed by atoms with Crippen LogP contribution in [-0.4, -0.2) is 62.2 Å². The summed E-state index contributed by atoms with van der Waals surface area (Å²) in [5, 5.41) is 3.69. The van der Waals surface area contributed by atoms with Crippen LogP contribution >= 0.6 is 0 Å². The third kappa shape index (κ3) is 4.23. The van der Waals surface area contributed by atoms with Gasteiger partial charge in [0.2, 0.25) is 0 Å². The molecule has 3 heteroatoms. The van der Waals surface area contributed by atoms with Crippen molar-refractivity contribution in [3.63, 3.8) is 0 Å². The van der Waals surface area contributed by atoms with Crippen molar-refractivity contribution in [3.05, 3.63) is 0 Å². The van der Waals surface area contributed by atoms with E-state index in [0.29, 0.717) is 0 Å². The maximum absolute atomic E-state index is 3.69. The van der Waals surface area contributed by atoms with E-state index in [4.69, 9.17) is 0 Å². The van der Waals surface area contributed by atoms with Gasteiger partial charge in [0.05, 0.1) is 0 Å². The Bertz CT molecular complexity index is 220. The molecule has 0 aliphatic carbocycles. The van der Waals surface area contributed by atoms with Crippen molar-refractivity contribution in [2.75, 3.05) is 46.3 Å². The molecule has 2 atom stereocenters. The van der Waals surface area contributed by atoms with Gasteiger partial charge in [-0.05, 0) is 51.9 Å². The smallest absolute Gasteiger partial charge is 0.0194 e. The fourth-order valence-electron chi connectivity index (χ4n) is 3.32. The zero-order valence-corrected chi connectivity index (χ0v) is 11.6. The molecule has 0 aromatic carbocycles. The van der Waals surface area contributed by atoms with E-state index < -0.39 is 0 Å². The molecule has 0 aromatic heterocycles. The van der Waals surface area contributed by atoms with Gasteiger partial charge in [-0.1, -0.05) is 13.3 Å². The molecular formula is C14H29N3. The first kappa shape index (κ1) is 13.3. The average Bonchev–Trinajstić information content (AvgIpc) is 2.58. The zero-order chi connectivity index (χ0) is 12.1. The predicted octanol–water partition coefficient (Wildman–Crippen LogP) is 1.40. The van der Waals surface area contributed by atoms with E-state index in [1.54, 1.807) is 0 Å². The largest absolute Gasteiger partial charge is 0.313 e. The first-order chi connectivity index (χ1) is 8.28. The second-order valence-electron chi connectivity index (χ2n) is 5.97. The second-order valence-corrected chi connectivity index (χ2v) is 5.97. The third-order valence-electron chi connectivity index (χ3n) is 4.21. The van der Waals surface area contributed by atoms with Crippen LogP contribution in [0.5, 0.6) is 0 Å². The van der Waals surface area contributed by atoms with Gasteiger partial charge in [-0.25, -0.2) is 0 Å². The molecule has 17 heavy (non-hydrogen) atoms. The van der Waals surface area contributed by atoms with Crippen LogP contribution in [0, 0.1) is 5.92 Å². The zero-order valence-electron chi connectivity index (χ0n) is 11.6. The van der Waals surface area contributed by atoms with E-state index >= 15 is 0 Å². The molecule has 3 nitrogen and oxygen atoms in total. The van der Waals surface area contributed by atoms with Gasteiger partial charge in [0.1, 0.15) is 0 Å². The Morgan fingerprint density at radius 3 is 2.82 bits per heavy atom. The predicted molar refractivity (Wildman–Crippen MR) is 73.4 cm³/mol. The first-order valence-corrected chi connectivity index (χ1v) is 7.42. The molecule has 2 saturated heterocycles. The van der Waals surface area contributed by atoms with E-state index in [-0.39, 0.29) is 0 Å². The molecule has 2 heterocycles. The fourth-order valence-corrected chi connectivity index (χ4v) is 3.32. The molecule has 0 amide bonds. The lowest BCUT2D eigenvalue weighted by Gasteiger charge is -2.26. The number of rotatable bonds is 4. The quantitative estimate of drug-likeness (QED) is 0.800. The molecule has 2 aliphatic rings. The van der Waals surface area contributed by atoms with E-state index in [1.807, 2.05) is 0 Å². The molecule has 100 valence electrons. The van der Waals surface area contributed by atoms with E-state index in [2.05, 4.69) is 29.1 Å². The molecule has 0 bridgehead atoms. The Balaban J connectivity index is 1.78. The van der Waals surface area contributed by atoms with Gasteiger partial charge in [0.15, 0.2) is 0 Å². The fraction of sp³-hybridized carbons (Fsp3) is 1.00. The summed E-state index contributed by atoms with van der Waals surface area (Å²) in [6.45, 7) is 10.0. The maximum atomic E-state index is 3.69. The topological polar surface area (TPSA) is 18.5 Å². The van der Waals surface area contributed by atoms with Crippen LogP contribution in [0.4, 0.5) is 0 Å². The van der Waals surface area contributed by atoms with Crippen LogP contribution in [-0.2, 0) is 0 Å². The van der Waals surface area contributed by atoms with Crippen LogP contribution in [0.1, 0.15) is 32.6 Å². The summed E-state index contributed by atoms with van der Waals surface area (Å²) >= 11 is 0. The van der Waals surface area contributed by atoms with Gasteiger partial charge >= 0.3 is 0 Å². The van der Waals surface area contributed by atoms with Crippen molar-refractivity contribution in [1.82, 2.24) is 15.1 Å². The van der Waals surface area contributed by atoms with Crippen molar-refractivity contribution in [3.8, 4) is 0 Å². The van der Waals surface area contributed by atoms with Crippen LogP contribution < -0.4 is 5.32 Å². The van der Waals surface area contributed by atoms with Gasteiger partial charge in [-0.15, -0.1) is 0 Å². The molecule has 1 N–H and O–H groups in total. The van der Waals surface area contributed by atoms with E-state index in [1.165, 1.54) is 65.0 Å². The van der Waals surface area contributed by atoms with Crippen molar-refractivity contribution < 1.29 is 0 Å². The van der Waals surface area contributed by atoms with Gasteiger partial charge in [-0.3, -0.25) is 0 Å². The third-order valence-corrected chi connectivity index (χ3v) is 4.21. The van der Waals surface area contributed by atoms with Crippen LogP contribution in [0.25, 0.3) is 0 Å². The Kier molecular flexibility index (Phi) is 5.26. The monoisotopic (exact) mass is 239 g/mol. The summed E-state index contributed by atoms with van der Waals surface area (Å²) in [7, 11) is 2.25. The van der Waals surface area contributed by atoms with Gasteiger partial charge in [0.25, 0.3) is 0 Å². The highest BCUT2D eigenvalue weighted by molar-refractivity contribution is 4.81. The van der Waals surface area contributed by atoms with Crippen LogP contribution in [0.2, 0.25) is 0 Å². The van der Waals surface area contributed by atoms with Gasteiger partial charge < -0.3 is 15.1 Å². The summed E-state index contributed by atoms with van der Waals surface area (Å²) in [4.78, 5) is 5.19. The lowest BCUT2D eigenvalue weighted by atomic mass is 10.1. The van der Waals surface area contributed by atoms with Crippen LogP contribution in [0.3, 0.4) is 0 Å². The summed E-state index contributed by atoms with van der Waals surface area (Å²) in [6, 6.07) is 0.738. The molecule has 2 fully saturated rings. The van der Waals surface area contributed by atoms with Crippen LogP contribution in [0.15, 0.2) is 0 Å². The Hall–Kier alpha value is -0.120. The number of nitrogens with zero attached hydrogens (tertiary/aromatic N) is 2. The lowest BCUT2D eigenvalue weighted by Crippen LogP contribution is -2.39. The average molecular weight is 239 g/mol. The Morgan fingerprint density at radius 1 is 1.24 bits per heavy atom. The summed E-state index contributed by atoms with van der Waals surface area (Å²) in [6.07, 6.45) is 5.36. The van der Waals surface area contributed by atoms with Crippen molar-refractivity contribution >= 4 is 0 Å². The maximum Gasteiger partial charge on any atom is 0.0194 e. The number of likely N-dealkylation sites (tertiary alicyclic amines) is 1. The van der Waals surface area contributed by atoms with Gasteiger partial charge in [-0.2, -0.15) is 0 Å². The van der Waals surface area contributed by atoms with E-state index in [0.717, 1.165) is 12.0 Å². The van der Waals surface area contributed by atoms with Crippen molar-refractivity contribution in [2.24, 2.45) is 5.92 Å². The molecule has 2 rings (SSSR count). The summed E-state index contributed by atoms with van der Waals surface area (Å²) in [5.74, 6) is 0.917. The SMILES string of the molecule is CCCC1CN(CC2CCN(C)C2)CCCN1. The van der Waals surface area contributed by atoms with Crippen molar-refractivity contribution in [2.45, 2.75) is 38.6 Å². The number of hydrogen-bond acceptors (Lipinski definition) is 3. The van der Waals surface area contributed by atoms with E-state index in [9.17, 15) is 0 Å². The molecule has 0 radical (unpaired) electrons. The molecule has 0 saturated carbocycles. The minimum atomic E-state index is 0.738. The molecule has 2 unspecified atom stereocenters. The number of nitrogens with one attached hydrogen (secondary N) is 1. The summed E-state index contributed by atoms with van der Waals surface area (Å²) < 4.78 is 0. The molecule has 2 aliphatic heterocycles. The standard InChI is InChI=1S/C14H29N3/c1-3-5-14-12-17(8-4-7-15-14)11-13-6-9-16(2)10-13/h13-15H,3-12H2,1-2H3. The first-order valence-electron chi connectivity index (χ1n) is 7.42. The highest BCUT2D eigenvalue weighted by Gasteiger charge is 2.24. The normalized spacial score (nSPS) is 32.8. The van der Waals surface area contributed by atoms with Gasteiger partial charge in [0, 0.05) is 25.7 Å². The van der Waals surface area contributed by atoms with Crippen molar-refractivity contribution in [1.29, 1.82) is 0 Å². The molecular weight excluding hydrogens is 210 g/mol. The minimum absolute atomic E-state index is 0.738. The Labute approximate surface area is 107 Å². The lowest BCUT2D eigenvalue weighted by molar-refractivity contribution is 0.223. The number of hydrogen-bond donors (Lipinski definition) is 1. The summed E-state index contributed by atoms with van der Waals surface area (Å²) in [5.41, 5.74) is 0. The molecule has 0 aromatic rings. The second kappa shape index (κ2) is 6.72. The minimum Gasteiger partial charge on any atom is -0.313 e. The highest BCUT2D eigenvalue weighted by Crippen LogP contribution is 2.17.